The van der Waals surface area contributed by atoms with Crippen molar-refractivity contribution >= 4 is 15.9 Å². The van der Waals surface area contributed by atoms with E-state index in [9.17, 15) is 0 Å². The van der Waals surface area contributed by atoms with Gasteiger partial charge in [-0.15, -0.1) is 12.0 Å². The molecule has 1 nitrogen and oxygen atoms in total. The molecule has 0 aliphatic heterocycles. The molecule has 3 heteroatoms. The van der Waals surface area contributed by atoms with E-state index in [4.69, 9.17) is 6.42 Å². The van der Waals surface area contributed by atoms with Crippen molar-refractivity contribution in [2.45, 2.75) is 26.2 Å². The van der Waals surface area contributed by atoms with Gasteiger partial charge in [-0.05, 0) is 0 Å². The minimum Gasteiger partial charge on any atom is -0.412 e. The lowest BCUT2D eigenvalue weighted by Crippen LogP contribution is -2.39. The van der Waals surface area contributed by atoms with E-state index in [1.54, 1.807) is 0 Å². The van der Waals surface area contributed by atoms with Gasteiger partial charge in [-0.2, -0.15) is 0 Å². The number of terminal acetylenes is 1. The third-order valence-electron chi connectivity index (χ3n) is 1.82. The molecule has 0 aromatic rings. The Morgan fingerprint density at radius 1 is 1.33 bits per heavy atom. The molecule has 0 saturated carbocycles. The van der Waals surface area contributed by atoms with Gasteiger partial charge in [0.2, 0.25) is 0 Å². The van der Waals surface area contributed by atoms with Gasteiger partial charge >= 0.3 is 0 Å². The quantitative estimate of drug-likeness (QED) is 0.398. The van der Waals surface area contributed by atoms with Gasteiger partial charge < -0.3 is 5.48 Å². The third kappa shape index (κ3) is 3.52. The van der Waals surface area contributed by atoms with E-state index in [1.165, 1.54) is 0 Å². The van der Waals surface area contributed by atoms with E-state index >= 15 is 0 Å². The van der Waals surface area contributed by atoms with Crippen molar-refractivity contribution in [2.75, 3.05) is 0 Å². The Labute approximate surface area is 60.2 Å². The predicted octanol–water partition coefficient (Wildman–Crippen LogP) is 0.608. The fourth-order valence-electron chi connectivity index (χ4n) is 0.167. The maximum Gasteiger partial charge on any atom is 0.119 e. The molecule has 0 aliphatic carbocycles. The Hall–Kier alpha value is -0.0462. The first-order chi connectivity index (χ1) is 3.50. The first kappa shape index (κ1) is 11.7. The molecule has 0 fully saturated rings. The summed E-state index contributed by atoms with van der Waals surface area (Å²) in [6, 6.07) is 0. The van der Waals surface area contributed by atoms with E-state index in [2.05, 4.69) is 31.7 Å². The molecule has 0 aromatic heterocycles. The highest BCUT2D eigenvalue weighted by molar-refractivity contribution is 7.35. The Morgan fingerprint density at radius 3 is 1.67 bits per heavy atom. The molecule has 9 heavy (non-hydrogen) atoms. The Morgan fingerprint density at radius 2 is 1.67 bits per heavy atom. The van der Waals surface area contributed by atoms with Gasteiger partial charge in [0.1, 0.15) is 7.59 Å². The topological polar surface area (TPSA) is 31.5 Å². The molecule has 0 heterocycles. The summed E-state index contributed by atoms with van der Waals surface area (Å²) in [5.74, 6) is 0. The van der Waals surface area contributed by atoms with Crippen molar-refractivity contribution in [2.24, 2.45) is 0 Å². The van der Waals surface area contributed by atoms with Crippen LogP contribution in [0.4, 0.5) is 0 Å². The summed E-state index contributed by atoms with van der Waals surface area (Å²) in [5.41, 5.74) is 2.94. The predicted molar refractivity (Wildman–Crippen MR) is 48.8 cm³/mol. The van der Waals surface area contributed by atoms with Gasteiger partial charge in [0, 0.05) is 8.31 Å². The maximum absolute atomic E-state index is 5.35. The Kier molecular flexibility index (Phi) is 5.05. The van der Waals surface area contributed by atoms with Gasteiger partial charge in [0.25, 0.3) is 0 Å². The van der Waals surface area contributed by atoms with Crippen LogP contribution >= 0.6 is 0 Å². The smallest absolute Gasteiger partial charge is 0.119 e. The van der Waals surface area contributed by atoms with Crippen LogP contribution in [0.5, 0.6) is 0 Å². The van der Waals surface area contributed by atoms with E-state index in [-0.39, 0.29) is 5.48 Å². The normalized spacial score (nSPS) is 10.2. The minimum absolute atomic E-state index is 0. The van der Waals surface area contributed by atoms with Crippen molar-refractivity contribution in [1.29, 1.82) is 0 Å². The second-order valence-electron chi connectivity index (χ2n) is 3.02. The van der Waals surface area contributed by atoms with Crippen LogP contribution < -0.4 is 0 Å². The number of hydrogen-bond donors (Lipinski definition) is 0. The second kappa shape index (κ2) is 3.88. The van der Waals surface area contributed by atoms with Gasteiger partial charge in [-0.25, -0.2) is 0 Å². The molecular weight excluding hydrogens is 144 g/mol. The molecule has 2 N–H and O–H groups in total. The van der Waals surface area contributed by atoms with Gasteiger partial charge in [-0.1, -0.05) is 26.2 Å². The van der Waals surface area contributed by atoms with Crippen LogP contribution in [0.3, 0.4) is 0 Å². The highest BCUT2D eigenvalue weighted by Crippen LogP contribution is 2.03. The summed E-state index contributed by atoms with van der Waals surface area (Å²) in [7, 11) is -1.56. The molecule has 0 spiro atoms. The Bertz CT molecular complexity index is 113. The summed E-state index contributed by atoms with van der Waals surface area (Å²) < 4.78 is 0. The van der Waals surface area contributed by atoms with Crippen molar-refractivity contribution in [1.82, 2.24) is 0 Å². The standard InChI is InChI=1S/C6H14Si2.H2O/c1-6-8(4,5)7(2)3;/h1,7H,2-5H3;1H2. The van der Waals surface area contributed by atoms with Crippen LogP contribution in [0.15, 0.2) is 0 Å². The zero-order valence-corrected chi connectivity index (χ0v) is 8.81. The fraction of sp³-hybridized carbons (Fsp3) is 0.667. The summed E-state index contributed by atoms with van der Waals surface area (Å²) in [6.45, 7) is 9.24. The van der Waals surface area contributed by atoms with Crippen LogP contribution in [-0.2, 0) is 0 Å². The van der Waals surface area contributed by atoms with Crippen LogP contribution in [0.25, 0.3) is 0 Å². The molecule has 0 saturated heterocycles. The van der Waals surface area contributed by atoms with Crippen LogP contribution in [-0.4, -0.2) is 21.4 Å². The van der Waals surface area contributed by atoms with Gasteiger partial charge in [-0.3, -0.25) is 0 Å². The molecular formula is C6H16OSi2. The molecule has 0 radical (unpaired) electrons. The van der Waals surface area contributed by atoms with Gasteiger partial charge in [0.15, 0.2) is 0 Å². The lowest BCUT2D eigenvalue weighted by Gasteiger charge is -2.17. The maximum atomic E-state index is 5.35. The fourth-order valence-corrected chi connectivity index (χ4v) is 1.50. The molecule has 0 rings (SSSR count). The molecule has 0 bridgehead atoms. The summed E-state index contributed by atoms with van der Waals surface area (Å²) in [4.78, 5) is 0. The van der Waals surface area contributed by atoms with Crippen LogP contribution in [0.1, 0.15) is 0 Å². The number of rotatable bonds is 1. The van der Waals surface area contributed by atoms with E-state index in [0.29, 0.717) is 0 Å². The zero-order valence-electron chi connectivity index (χ0n) is 6.65. The molecule has 0 atom stereocenters. The SMILES string of the molecule is C#C[Si](C)(C)[SiH](C)C.O. The lowest BCUT2D eigenvalue weighted by molar-refractivity contribution is 0.824. The zero-order chi connectivity index (χ0) is 6.78. The monoisotopic (exact) mass is 160 g/mol. The molecule has 0 amide bonds. The van der Waals surface area contributed by atoms with Crippen LogP contribution in [0, 0.1) is 12.0 Å². The Balaban J connectivity index is 0. The third-order valence-corrected chi connectivity index (χ3v) is 14.6. The average Bonchev–Trinajstić information content (AvgIpc) is 1.67. The van der Waals surface area contributed by atoms with E-state index < -0.39 is 15.9 Å². The largest absolute Gasteiger partial charge is 0.412 e. The average molecular weight is 160 g/mol. The van der Waals surface area contributed by atoms with E-state index in [1.807, 2.05) is 0 Å². The summed E-state index contributed by atoms with van der Waals surface area (Å²) >= 11 is 0. The molecule has 0 aromatic carbocycles. The molecule has 54 valence electrons. The van der Waals surface area contributed by atoms with Crippen molar-refractivity contribution in [3.63, 3.8) is 0 Å². The van der Waals surface area contributed by atoms with Crippen molar-refractivity contribution in [3.8, 4) is 12.0 Å². The molecule has 0 aliphatic rings. The summed E-state index contributed by atoms with van der Waals surface area (Å²) in [5, 5.41) is 0. The summed E-state index contributed by atoms with van der Waals surface area (Å²) in [6.07, 6.45) is 5.35. The first-order valence-electron chi connectivity index (χ1n) is 2.98. The minimum atomic E-state index is -1.09. The number of hydrogen-bond acceptors (Lipinski definition) is 0. The highest BCUT2D eigenvalue weighted by Gasteiger charge is 2.22. The lowest BCUT2D eigenvalue weighted by atomic mass is 11.4. The highest BCUT2D eigenvalue weighted by atomic mass is 29.2. The van der Waals surface area contributed by atoms with Gasteiger partial charge in [0.05, 0.1) is 0 Å². The second-order valence-corrected chi connectivity index (χ2v) is 16.9. The van der Waals surface area contributed by atoms with Crippen molar-refractivity contribution < 1.29 is 5.48 Å². The first-order valence-corrected chi connectivity index (χ1v) is 10.1. The molecule has 0 unspecified atom stereocenters. The van der Waals surface area contributed by atoms with E-state index in [0.717, 1.165) is 0 Å². The van der Waals surface area contributed by atoms with Crippen molar-refractivity contribution in [3.05, 3.63) is 0 Å². The van der Waals surface area contributed by atoms with Crippen LogP contribution in [0.2, 0.25) is 26.2 Å².